The molecule has 86 valence electrons. The van der Waals surface area contributed by atoms with E-state index in [9.17, 15) is 4.79 Å². The van der Waals surface area contributed by atoms with E-state index in [1.165, 1.54) is 19.3 Å². The van der Waals surface area contributed by atoms with E-state index in [1.807, 2.05) is 12.1 Å². The van der Waals surface area contributed by atoms with E-state index < -0.39 is 0 Å². The lowest BCUT2D eigenvalue weighted by atomic mass is 9.83. The van der Waals surface area contributed by atoms with Crippen LogP contribution in [0.15, 0.2) is 22.8 Å². The van der Waals surface area contributed by atoms with Crippen LogP contribution in [0.25, 0.3) is 0 Å². The number of aromatic nitrogens is 1. The van der Waals surface area contributed by atoms with Crippen LogP contribution in [0, 0.1) is 5.92 Å². The first-order valence-electron chi connectivity index (χ1n) is 5.55. The second-order valence-corrected chi connectivity index (χ2v) is 5.20. The highest BCUT2D eigenvalue weighted by Crippen LogP contribution is 2.30. The maximum Gasteiger partial charge on any atom is 0.228 e. The molecule has 1 amide bonds. The number of nitrogens with zero attached hydrogens (tertiary/aromatic N) is 2. The lowest BCUT2D eigenvalue weighted by molar-refractivity contribution is -0.119. The summed E-state index contributed by atoms with van der Waals surface area (Å²) in [6.45, 7) is 0. The Kier molecular flexibility index (Phi) is 3.59. The molecular formula is C12H15BrN2O. The molecule has 16 heavy (non-hydrogen) atoms. The van der Waals surface area contributed by atoms with Gasteiger partial charge in [-0.3, -0.25) is 9.69 Å². The maximum absolute atomic E-state index is 11.9. The zero-order valence-electron chi connectivity index (χ0n) is 9.32. The van der Waals surface area contributed by atoms with Crippen molar-refractivity contribution in [1.82, 2.24) is 4.98 Å². The summed E-state index contributed by atoms with van der Waals surface area (Å²) in [7, 11) is 1.79. The van der Waals surface area contributed by atoms with Gasteiger partial charge in [-0.2, -0.15) is 0 Å². The summed E-state index contributed by atoms with van der Waals surface area (Å²) in [6.07, 6.45) is 6.05. The van der Waals surface area contributed by atoms with Crippen LogP contribution in [-0.2, 0) is 4.79 Å². The average molecular weight is 283 g/mol. The van der Waals surface area contributed by atoms with Crippen molar-refractivity contribution >= 4 is 27.7 Å². The van der Waals surface area contributed by atoms with Crippen LogP contribution in [0.4, 0.5) is 5.82 Å². The number of hydrogen-bond donors (Lipinski definition) is 0. The number of hydrogen-bond acceptors (Lipinski definition) is 2. The molecule has 0 bridgehead atoms. The molecule has 1 fully saturated rings. The van der Waals surface area contributed by atoms with Crippen LogP contribution in [0.5, 0.6) is 0 Å². The molecule has 4 heteroatoms. The minimum Gasteiger partial charge on any atom is -0.300 e. The Morgan fingerprint density at radius 3 is 2.81 bits per heavy atom. The molecule has 0 saturated heterocycles. The lowest BCUT2D eigenvalue weighted by Crippen LogP contribution is -2.30. The number of pyridine rings is 1. The highest BCUT2D eigenvalue weighted by molar-refractivity contribution is 9.10. The minimum atomic E-state index is 0.166. The molecule has 1 aliphatic rings. The van der Waals surface area contributed by atoms with E-state index in [2.05, 4.69) is 20.9 Å². The van der Waals surface area contributed by atoms with E-state index in [-0.39, 0.29) is 5.91 Å². The Morgan fingerprint density at radius 2 is 2.31 bits per heavy atom. The van der Waals surface area contributed by atoms with E-state index in [1.54, 1.807) is 18.1 Å². The number of anilines is 1. The van der Waals surface area contributed by atoms with Gasteiger partial charge in [0.25, 0.3) is 0 Å². The second-order valence-electron chi connectivity index (χ2n) is 4.29. The van der Waals surface area contributed by atoms with Crippen molar-refractivity contribution in [3.8, 4) is 0 Å². The fourth-order valence-electron chi connectivity index (χ4n) is 1.77. The van der Waals surface area contributed by atoms with Gasteiger partial charge >= 0.3 is 0 Å². The number of carbonyl (C=O) groups is 1. The average Bonchev–Trinajstić information content (AvgIpc) is 2.23. The van der Waals surface area contributed by atoms with Crippen LogP contribution in [-0.4, -0.2) is 17.9 Å². The molecule has 1 aliphatic carbocycles. The molecule has 0 spiro atoms. The van der Waals surface area contributed by atoms with Crippen molar-refractivity contribution in [2.24, 2.45) is 5.92 Å². The van der Waals surface area contributed by atoms with Crippen LogP contribution >= 0.6 is 15.9 Å². The Morgan fingerprint density at radius 1 is 1.56 bits per heavy atom. The summed E-state index contributed by atoms with van der Waals surface area (Å²) in [6, 6.07) is 3.75. The van der Waals surface area contributed by atoms with E-state index in [0.717, 1.165) is 4.47 Å². The number of carbonyl (C=O) groups excluding carboxylic acids is 1. The first-order valence-corrected chi connectivity index (χ1v) is 6.34. The molecular weight excluding hydrogens is 268 g/mol. The largest absolute Gasteiger partial charge is 0.300 e. The normalized spacial score (nSPS) is 15.6. The van der Waals surface area contributed by atoms with Crippen molar-refractivity contribution in [1.29, 1.82) is 0 Å². The van der Waals surface area contributed by atoms with Gasteiger partial charge in [-0.15, -0.1) is 0 Å². The van der Waals surface area contributed by atoms with Crippen LogP contribution < -0.4 is 4.90 Å². The molecule has 0 radical (unpaired) electrons. The Balaban J connectivity index is 1.97. The molecule has 0 N–H and O–H groups in total. The number of rotatable bonds is 3. The molecule has 0 atom stereocenters. The lowest BCUT2D eigenvalue weighted by Gasteiger charge is -2.26. The third kappa shape index (κ3) is 2.61. The summed E-state index contributed by atoms with van der Waals surface area (Å²) in [5.41, 5.74) is 0. The summed E-state index contributed by atoms with van der Waals surface area (Å²) in [5.74, 6) is 1.48. The summed E-state index contributed by atoms with van der Waals surface area (Å²) in [5, 5.41) is 0. The monoisotopic (exact) mass is 282 g/mol. The van der Waals surface area contributed by atoms with Crippen molar-refractivity contribution in [2.75, 3.05) is 11.9 Å². The highest BCUT2D eigenvalue weighted by Gasteiger charge is 2.23. The highest BCUT2D eigenvalue weighted by atomic mass is 79.9. The second kappa shape index (κ2) is 4.95. The van der Waals surface area contributed by atoms with Gasteiger partial charge in [-0.05, 0) is 46.8 Å². The predicted octanol–water partition coefficient (Wildman–Crippen LogP) is 3.00. The molecule has 3 nitrogen and oxygen atoms in total. The maximum atomic E-state index is 11.9. The third-order valence-corrected chi connectivity index (χ3v) is 3.59. The molecule has 0 aromatic carbocycles. The summed E-state index contributed by atoms with van der Waals surface area (Å²) >= 11 is 3.33. The van der Waals surface area contributed by atoms with Crippen LogP contribution in [0.2, 0.25) is 0 Å². The third-order valence-electron chi connectivity index (χ3n) is 3.12. The molecule has 1 saturated carbocycles. The Hall–Kier alpha value is -0.900. The van der Waals surface area contributed by atoms with Crippen LogP contribution in [0.1, 0.15) is 25.7 Å². The van der Waals surface area contributed by atoms with Crippen molar-refractivity contribution in [2.45, 2.75) is 25.7 Å². The van der Waals surface area contributed by atoms with Crippen molar-refractivity contribution in [3.05, 3.63) is 22.8 Å². The summed E-state index contributed by atoms with van der Waals surface area (Å²) < 4.78 is 0.927. The number of halogens is 1. The minimum absolute atomic E-state index is 0.166. The number of amides is 1. The summed E-state index contributed by atoms with van der Waals surface area (Å²) in [4.78, 5) is 17.8. The van der Waals surface area contributed by atoms with Gasteiger partial charge < -0.3 is 0 Å². The van der Waals surface area contributed by atoms with Gasteiger partial charge in [0.05, 0.1) is 0 Å². The molecule has 1 aromatic heterocycles. The predicted molar refractivity (Wildman–Crippen MR) is 67.3 cm³/mol. The van der Waals surface area contributed by atoms with Gasteiger partial charge in [0.15, 0.2) is 0 Å². The smallest absolute Gasteiger partial charge is 0.228 e. The molecule has 2 rings (SSSR count). The Labute approximate surface area is 104 Å². The van der Waals surface area contributed by atoms with Crippen molar-refractivity contribution < 1.29 is 4.79 Å². The zero-order chi connectivity index (χ0) is 11.5. The topological polar surface area (TPSA) is 33.2 Å². The molecule has 1 heterocycles. The van der Waals surface area contributed by atoms with E-state index >= 15 is 0 Å². The van der Waals surface area contributed by atoms with E-state index in [0.29, 0.717) is 18.2 Å². The van der Waals surface area contributed by atoms with Crippen LogP contribution in [0.3, 0.4) is 0 Å². The van der Waals surface area contributed by atoms with Gasteiger partial charge in [-0.1, -0.05) is 6.42 Å². The first-order chi connectivity index (χ1) is 7.66. The van der Waals surface area contributed by atoms with Crippen molar-refractivity contribution in [3.63, 3.8) is 0 Å². The Bertz CT molecular complexity index is 373. The standard InChI is InChI=1S/C12H15BrN2O/c1-15(11-6-5-10(13)8-14-11)12(16)7-9-3-2-4-9/h5-6,8-9H,2-4,7H2,1H3. The molecule has 0 unspecified atom stereocenters. The van der Waals surface area contributed by atoms with Gasteiger partial charge in [0.2, 0.25) is 5.91 Å². The quantitative estimate of drug-likeness (QED) is 0.854. The SMILES string of the molecule is CN(C(=O)CC1CCC1)c1ccc(Br)cn1. The molecule has 0 aliphatic heterocycles. The van der Waals surface area contributed by atoms with E-state index in [4.69, 9.17) is 0 Å². The fraction of sp³-hybridized carbons (Fsp3) is 0.500. The van der Waals surface area contributed by atoms with Gasteiger partial charge in [-0.25, -0.2) is 4.98 Å². The fourth-order valence-corrected chi connectivity index (χ4v) is 2.01. The zero-order valence-corrected chi connectivity index (χ0v) is 10.9. The first kappa shape index (κ1) is 11.6. The van der Waals surface area contributed by atoms with Gasteiger partial charge in [0, 0.05) is 24.1 Å². The van der Waals surface area contributed by atoms with Gasteiger partial charge in [0.1, 0.15) is 5.82 Å². The molecule has 1 aromatic rings.